The number of esters is 3. The fraction of sp³-hybridized carbons (Fsp3) is 0.939. The number of ether oxygens (including phenoxy) is 3. The van der Waals surface area contributed by atoms with Crippen LogP contribution in [0.4, 0.5) is 0 Å². The van der Waals surface area contributed by atoms with Gasteiger partial charge in [0, 0.05) is 19.3 Å². The summed E-state index contributed by atoms with van der Waals surface area (Å²) in [6, 6.07) is 0. The summed E-state index contributed by atoms with van der Waals surface area (Å²) in [5, 5.41) is 0. The topological polar surface area (TPSA) is 78.9 Å². The Bertz CT molecular complexity index is 813. The molecule has 0 aromatic heterocycles. The van der Waals surface area contributed by atoms with Crippen molar-refractivity contribution in [3.8, 4) is 0 Å². The van der Waals surface area contributed by atoms with E-state index in [0.717, 1.165) is 57.8 Å². The second-order valence-corrected chi connectivity index (χ2v) is 16.7. The molecule has 0 aliphatic rings. The molecule has 326 valence electrons. The van der Waals surface area contributed by atoms with E-state index in [0.29, 0.717) is 19.3 Å². The van der Waals surface area contributed by atoms with Gasteiger partial charge in [-0.1, -0.05) is 239 Å². The summed E-state index contributed by atoms with van der Waals surface area (Å²) in [6.07, 6.45) is 46.5. The first-order valence-electron chi connectivity index (χ1n) is 24.5. The van der Waals surface area contributed by atoms with E-state index in [-0.39, 0.29) is 31.1 Å². The molecule has 0 rings (SSSR count). The summed E-state index contributed by atoms with van der Waals surface area (Å²) in [4.78, 5) is 37.8. The zero-order valence-corrected chi connectivity index (χ0v) is 37.2. The molecule has 6 nitrogen and oxygen atoms in total. The Morgan fingerprint density at radius 1 is 0.291 bits per heavy atom. The number of carbonyl (C=O) groups excluding carboxylic acids is 3. The first kappa shape index (κ1) is 53.4. The van der Waals surface area contributed by atoms with Crippen LogP contribution < -0.4 is 0 Å². The molecule has 0 spiro atoms. The fourth-order valence-corrected chi connectivity index (χ4v) is 7.38. The Morgan fingerprint density at radius 3 is 0.727 bits per heavy atom. The van der Waals surface area contributed by atoms with E-state index >= 15 is 0 Å². The monoisotopic (exact) mass is 779 g/mol. The van der Waals surface area contributed by atoms with Crippen LogP contribution in [-0.2, 0) is 28.6 Å². The van der Waals surface area contributed by atoms with Crippen molar-refractivity contribution in [2.75, 3.05) is 13.2 Å². The minimum Gasteiger partial charge on any atom is -0.462 e. The largest absolute Gasteiger partial charge is 0.462 e. The highest BCUT2D eigenvalue weighted by Crippen LogP contribution is 2.16. The summed E-state index contributed by atoms with van der Waals surface area (Å²) in [5.41, 5.74) is 0. The third-order valence-electron chi connectivity index (χ3n) is 11.1. The molecule has 6 heteroatoms. The summed E-state index contributed by atoms with van der Waals surface area (Å²) >= 11 is 0. The predicted octanol–water partition coefficient (Wildman–Crippen LogP) is 15.6. The van der Waals surface area contributed by atoms with Gasteiger partial charge < -0.3 is 14.2 Å². The van der Waals surface area contributed by atoms with Crippen molar-refractivity contribution >= 4 is 17.9 Å². The van der Waals surface area contributed by atoms with E-state index in [1.807, 2.05) is 0 Å². The SMILES string of the molecule is CCCCCCCCCCCCCCCCCCC(=O)OC[C@@H](COC(=O)CCCCCCCCCCCCC)OC(=O)CCCCCCCCCCCC. The number of hydrogen-bond acceptors (Lipinski definition) is 6. The van der Waals surface area contributed by atoms with E-state index in [9.17, 15) is 14.4 Å². The van der Waals surface area contributed by atoms with Crippen molar-refractivity contribution in [1.29, 1.82) is 0 Å². The van der Waals surface area contributed by atoms with Gasteiger partial charge >= 0.3 is 17.9 Å². The minimum absolute atomic E-state index is 0.0623. The molecule has 0 fully saturated rings. The molecule has 0 unspecified atom stereocenters. The molecule has 0 radical (unpaired) electrons. The zero-order valence-electron chi connectivity index (χ0n) is 37.2. The van der Waals surface area contributed by atoms with Gasteiger partial charge in [-0.3, -0.25) is 14.4 Å². The molecule has 0 saturated heterocycles. The molecular formula is C49H94O6. The van der Waals surface area contributed by atoms with E-state index in [1.54, 1.807) is 0 Å². The Morgan fingerprint density at radius 2 is 0.491 bits per heavy atom. The number of carbonyl (C=O) groups is 3. The maximum Gasteiger partial charge on any atom is 0.306 e. The quantitative estimate of drug-likeness (QED) is 0.0348. The van der Waals surface area contributed by atoms with Gasteiger partial charge in [0.25, 0.3) is 0 Å². The van der Waals surface area contributed by atoms with Crippen molar-refractivity contribution in [1.82, 2.24) is 0 Å². The van der Waals surface area contributed by atoms with E-state index in [2.05, 4.69) is 20.8 Å². The van der Waals surface area contributed by atoms with Gasteiger partial charge in [-0.2, -0.15) is 0 Å². The lowest BCUT2D eigenvalue weighted by Gasteiger charge is -2.18. The van der Waals surface area contributed by atoms with Crippen LogP contribution in [0, 0.1) is 0 Å². The van der Waals surface area contributed by atoms with Gasteiger partial charge in [-0.05, 0) is 19.3 Å². The van der Waals surface area contributed by atoms with Crippen LogP contribution in [0.15, 0.2) is 0 Å². The number of unbranched alkanes of at least 4 members (excludes halogenated alkanes) is 34. The van der Waals surface area contributed by atoms with Crippen LogP contribution in [0.25, 0.3) is 0 Å². The molecule has 0 bridgehead atoms. The average Bonchev–Trinajstić information content (AvgIpc) is 3.18. The minimum atomic E-state index is -0.758. The lowest BCUT2D eigenvalue weighted by atomic mass is 10.0. The summed E-state index contributed by atoms with van der Waals surface area (Å²) in [5.74, 6) is -0.848. The first-order chi connectivity index (χ1) is 27.0. The highest BCUT2D eigenvalue weighted by atomic mass is 16.6. The van der Waals surface area contributed by atoms with Crippen LogP contribution in [-0.4, -0.2) is 37.2 Å². The van der Waals surface area contributed by atoms with Crippen LogP contribution >= 0.6 is 0 Å². The molecule has 0 N–H and O–H groups in total. The molecule has 0 aliphatic carbocycles. The summed E-state index contributed by atoms with van der Waals surface area (Å²) < 4.78 is 16.7. The van der Waals surface area contributed by atoms with Crippen LogP contribution in [0.3, 0.4) is 0 Å². The van der Waals surface area contributed by atoms with Gasteiger partial charge in [0.1, 0.15) is 13.2 Å². The first-order valence-corrected chi connectivity index (χ1v) is 24.5. The van der Waals surface area contributed by atoms with Gasteiger partial charge in [-0.15, -0.1) is 0 Å². The molecule has 1 atom stereocenters. The second kappa shape index (κ2) is 45.1. The van der Waals surface area contributed by atoms with Crippen molar-refractivity contribution in [2.45, 2.75) is 284 Å². The normalized spacial score (nSPS) is 11.8. The molecule has 0 aliphatic heterocycles. The summed E-state index contributed by atoms with van der Waals surface area (Å²) in [7, 11) is 0. The molecular weight excluding hydrogens is 685 g/mol. The van der Waals surface area contributed by atoms with Crippen molar-refractivity contribution in [3.63, 3.8) is 0 Å². The smallest absolute Gasteiger partial charge is 0.306 e. The lowest BCUT2D eigenvalue weighted by Crippen LogP contribution is -2.30. The Hall–Kier alpha value is -1.59. The Kier molecular flexibility index (Phi) is 43.8. The maximum atomic E-state index is 12.7. The van der Waals surface area contributed by atoms with Crippen molar-refractivity contribution in [2.24, 2.45) is 0 Å². The van der Waals surface area contributed by atoms with Crippen molar-refractivity contribution < 1.29 is 28.6 Å². The maximum absolute atomic E-state index is 12.7. The number of rotatable bonds is 45. The van der Waals surface area contributed by atoms with Crippen molar-refractivity contribution in [3.05, 3.63) is 0 Å². The van der Waals surface area contributed by atoms with E-state index in [1.165, 1.54) is 180 Å². The Balaban J connectivity index is 4.26. The Labute approximate surface area is 342 Å². The van der Waals surface area contributed by atoms with Gasteiger partial charge in [0.05, 0.1) is 0 Å². The summed E-state index contributed by atoms with van der Waals surface area (Å²) in [6.45, 7) is 6.65. The average molecular weight is 779 g/mol. The second-order valence-electron chi connectivity index (χ2n) is 16.7. The third kappa shape index (κ3) is 43.4. The molecule has 55 heavy (non-hydrogen) atoms. The van der Waals surface area contributed by atoms with E-state index in [4.69, 9.17) is 14.2 Å². The fourth-order valence-electron chi connectivity index (χ4n) is 7.38. The predicted molar refractivity (Wildman–Crippen MR) is 233 cm³/mol. The van der Waals surface area contributed by atoms with Gasteiger partial charge in [0.15, 0.2) is 6.10 Å². The molecule has 0 aromatic carbocycles. The molecule has 0 saturated carbocycles. The van der Waals surface area contributed by atoms with Gasteiger partial charge in [-0.25, -0.2) is 0 Å². The van der Waals surface area contributed by atoms with Gasteiger partial charge in [0.2, 0.25) is 0 Å². The number of hydrogen-bond donors (Lipinski definition) is 0. The lowest BCUT2D eigenvalue weighted by molar-refractivity contribution is -0.167. The van der Waals surface area contributed by atoms with E-state index < -0.39 is 6.10 Å². The van der Waals surface area contributed by atoms with Crippen LogP contribution in [0.5, 0.6) is 0 Å². The standard InChI is InChI=1S/C49H94O6/c1-4-7-10-13-16-19-22-23-24-25-26-28-31-33-36-39-42-48(51)54-45-46(55-49(52)43-40-37-34-29-21-18-15-12-9-6-3)44-53-47(50)41-38-35-32-30-27-20-17-14-11-8-5-2/h46H,4-45H2,1-3H3/t46-/m1/s1. The third-order valence-corrected chi connectivity index (χ3v) is 11.1. The molecule has 0 heterocycles. The molecule has 0 aromatic rings. The van der Waals surface area contributed by atoms with Crippen LogP contribution in [0.2, 0.25) is 0 Å². The zero-order chi connectivity index (χ0) is 40.1. The highest BCUT2D eigenvalue weighted by Gasteiger charge is 2.19. The molecule has 0 amide bonds. The highest BCUT2D eigenvalue weighted by molar-refractivity contribution is 5.71. The van der Waals surface area contributed by atoms with Crippen LogP contribution in [0.1, 0.15) is 278 Å².